The fourth-order valence-electron chi connectivity index (χ4n) is 1.39. The molecule has 0 spiro atoms. The quantitative estimate of drug-likeness (QED) is 0.799. The maximum absolute atomic E-state index is 10.3. The monoisotopic (exact) mass is 204 g/mol. The van der Waals surface area contributed by atoms with Gasteiger partial charge in [-0.05, 0) is 30.9 Å². The Morgan fingerprint density at radius 2 is 1.87 bits per heavy atom. The Balaban J connectivity index is 2.47. The maximum Gasteiger partial charge on any atom is 0.303 e. The average molecular weight is 204 g/mol. The number of hydrogen-bond donors (Lipinski definition) is 1. The third-order valence-electron chi connectivity index (χ3n) is 2.33. The predicted octanol–water partition coefficient (Wildman–Crippen LogP) is 3.26. The second-order valence-corrected chi connectivity index (χ2v) is 3.72. The number of carbonyl (C=O) groups is 1. The van der Waals surface area contributed by atoms with Crippen molar-refractivity contribution in [2.45, 2.75) is 26.2 Å². The minimum atomic E-state index is -0.744. The standard InChI is InChI=1S/C13H16O2/c1-10-6-8-12(9-7-10)11(2)4-3-5-13(14)15/h6-9H,2-5H2,1H3,(H,14,15). The SMILES string of the molecule is C=C(CCCC(=O)O)c1ccc(C)cc1. The molecule has 1 aromatic carbocycles. The molecule has 0 saturated heterocycles. The van der Waals surface area contributed by atoms with Crippen LogP contribution < -0.4 is 0 Å². The Morgan fingerprint density at radius 3 is 2.40 bits per heavy atom. The van der Waals surface area contributed by atoms with E-state index in [1.807, 2.05) is 31.2 Å². The van der Waals surface area contributed by atoms with Gasteiger partial charge in [-0.2, -0.15) is 0 Å². The van der Waals surface area contributed by atoms with Crippen LogP contribution >= 0.6 is 0 Å². The van der Waals surface area contributed by atoms with Crippen LogP contribution in [-0.2, 0) is 4.79 Å². The van der Waals surface area contributed by atoms with Crippen LogP contribution in [0.2, 0.25) is 0 Å². The molecular weight excluding hydrogens is 188 g/mol. The molecule has 0 aliphatic rings. The number of carboxylic acid groups (broad SMARTS) is 1. The molecule has 0 atom stereocenters. The van der Waals surface area contributed by atoms with Gasteiger partial charge in [-0.25, -0.2) is 0 Å². The first-order chi connectivity index (χ1) is 7.09. The molecule has 2 nitrogen and oxygen atoms in total. The van der Waals surface area contributed by atoms with Crippen LogP contribution in [0.5, 0.6) is 0 Å². The number of benzene rings is 1. The lowest BCUT2D eigenvalue weighted by molar-refractivity contribution is -0.137. The van der Waals surface area contributed by atoms with Gasteiger partial charge in [0.2, 0.25) is 0 Å². The fourth-order valence-corrected chi connectivity index (χ4v) is 1.39. The summed E-state index contributed by atoms with van der Waals surface area (Å²) in [6.45, 7) is 6.00. The fraction of sp³-hybridized carbons (Fsp3) is 0.308. The highest BCUT2D eigenvalue weighted by molar-refractivity contribution is 5.68. The van der Waals surface area contributed by atoms with Crippen LogP contribution in [-0.4, -0.2) is 11.1 Å². The number of allylic oxidation sites excluding steroid dienone is 1. The zero-order valence-corrected chi connectivity index (χ0v) is 8.99. The lowest BCUT2D eigenvalue weighted by Crippen LogP contribution is -1.94. The van der Waals surface area contributed by atoms with Gasteiger partial charge >= 0.3 is 5.97 Å². The Kier molecular flexibility index (Phi) is 4.10. The summed E-state index contributed by atoms with van der Waals surface area (Å²) in [6, 6.07) is 8.13. The molecule has 1 aromatic rings. The molecule has 1 rings (SSSR count). The summed E-state index contributed by atoms with van der Waals surface area (Å²) in [4.78, 5) is 10.3. The van der Waals surface area contributed by atoms with Gasteiger partial charge in [0.25, 0.3) is 0 Å². The highest BCUT2D eigenvalue weighted by Crippen LogP contribution is 2.18. The lowest BCUT2D eigenvalue weighted by atomic mass is 10.0. The van der Waals surface area contributed by atoms with E-state index in [1.54, 1.807) is 0 Å². The van der Waals surface area contributed by atoms with Gasteiger partial charge in [0.1, 0.15) is 0 Å². The largest absolute Gasteiger partial charge is 0.481 e. The Hall–Kier alpha value is -1.57. The third kappa shape index (κ3) is 3.98. The summed E-state index contributed by atoms with van der Waals surface area (Å²) in [5.41, 5.74) is 3.33. The van der Waals surface area contributed by atoms with Crippen LogP contribution in [0.1, 0.15) is 30.4 Å². The van der Waals surface area contributed by atoms with Crippen molar-refractivity contribution in [2.75, 3.05) is 0 Å². The van der Waals surface area contributed by atoms with E-state index in [0.717, 1.165) is 17.6 Å². The molecule has 1 N–H and O–H groups in total. The normalized spacial score (nSPS) is 9.93. The van der Waals surface area contributed by atoms with E-state index in [1.165, 1.54) is 5.56 Å². The molecule has 80 valence electrons. The summed E-state index contributed by atoms with van der Waals surface area (Å²) >= 11 is 0. The van der Waals surface area contributed by atoms with Crippen molar-refractivity contribution in [2.24, 2.45) is 0 Å². The van der Waals surface area contributed by atoms with Crippen LogP contribution in [0, 0.1) is 6.92 Å². The highest BCUT2D eigenvalue weighted by atomic mass is 16.4. The smallest absolute Gasteiger partial charge is 0.303 e. The first kappa shape index (κ1) is 11.5. The Bertz CT molecular complexity index is 349. The van der Waals surface area contributed by atoms with Gasteiger partial charge in [-0.1, -0.05) is 36.4 Å². The molecule has 0 aromatic heterocycles. The molecule has 0 heterocycles. The van der Waals surface area contributed by atoms with Crippen LogP contribution in [0.25, 0.3) is 5.57 Å². The Labute approximate surface area is 90.3 Å². The molecule has 0 fully saturated rings. The van der Waals surface area contributed by atoms with E-state index >= 15 is 0 Å². The van der Waals surface area contributed by atoms with E-state index < -0.39 is 5.97 Å². The first-order valence-electron chi connectivity index (χ1n) is 5.06. The minimum absolute atomic E-state index is 0.213. The van der Waals surface area contributed by atoms with Gasteiger partial charge in [0, 0.05) is 6.42 Å². The topological polar surface area (TPSA) is 37.3 Å². The van der Waals surface area contributed by atoms with E-state index in [2.05, 4.69) is 6.58 Å². The van der Waals surface area contributed by atoms with Gasteiger partial charge in [-0.3, -0.25) is 4.79 Å². The third-order valence-corrected chi connectivity index (χ3v) is 2.33. The second-order valence-electron chi connectivity index (χ2n) is 3.72. The molecule has 15 heavy (non-hydrogen) atoms. The van der Waals surface area contributed by atoms with Crippen LogP contribution in [0.15, 0.2) is 30.8 Å². The summed E-state index contributed by atoms with van der Waals surface area (Å²) in [5.74, 6) is -0.744. The summed E-state index contributed by atoms with van der Waals surface area (Å²) < 4.78 is 0. The highest BCUT2D eigenvalue weighted by Gasteiger charge is 2.01. The molecule has 0 unspecified atom stereocenters. The second kappa shape index (κ2) is 5.35. The molecule has 0 bridgehead atoms. The van der Waals surface area contributed by atoms with E-state index in [-0.39, 0.29) is 6.42 Å². The molecule has 0 radical (unpaired) electrons. The van der Waals surface area contributed by atoms with E-state index in [4.69, 9.17) is 5.11 Å². The van der Waals surface area contributed by atoms with E-state index in [0.29, 0.717) is 6.42 Å². The van der Waals surface area contributed by atoms with Crippen molar-refractivity contribution < 1.29 is 9.90 Å². The van der Waals surface area contributed by atoms with Crippen molar-refractivity contribution in [1.29, 1.82) is 0 Å². The number of aryl methyl sites for hydroxylation is 1. The van der Waals surface area contributed by atoms with Crippen LogP contribution in [0.3, 0.4) is 0 Å². The van der Waals surface area contributed by atoms with Gasteiger partial charge < -0.3 is 5.11 Å². The summed E-state index contributed by atoms with van der Waals surface area (Å²) in [5, 5.41) is 8.50. The average Bonchev–Trinajstić information content (AvgIpc) is 2.18. The lowest BCUT2D eigenvalue weighted by Gasteiger charge is -2.05. The molecule has 0 aliphatic heterocycles. The van der Waals surface area contributed by atoms with Crippen molar-refractivity contribution in [3.05, 3.63) is 42.0 Å². The molecule has 0 amide bonds. The number of rotatable bonds is 5. The Morgan fingerprint density at radius 1 is 1.27 bits per heavy atom. The zero-order chi connectivity index (χ0) is 11.3. The van der Waals surface area contributed by atoms with Crippen molar-refractivity contribution in [3.63, 3.8) is 0 Å². The molecule has 0 saturated carbocycles. The number of aliphatic carboxylic acids is 1. The summed E-state index contributed by atoms with van der Waals surface area (Å²) in [7, 11) is 0. The maximum atomic E-state index is 10.3. The predicted molar refractivity (Wildman–Crippen MR) is 61.7 cm³/mol. The van der Waals surface area contributed by atoms with Crippen LogP contribution in [0.4, 0.5) is 0 Å². The van der Waals surface area contributed by atoms with Gasteiger partial charge in [0.15, 0.2) is 0 Å². The molecular formula is C13H16O2. The molecule has 2 heteroatoms. The zero-order valence-electron chi connectivity index (χ0n) is 8.99. The van der Waals surface area contributed by atoms with Gasteiger partial charge in [-0.15, -0.1) is 0 Å². The molecule has 0 aliphatic carbocycles. The van der Waals surface area contributed by atoms with Crippen molar-refractivity contribution in [3.8, 4) is 0 Å². The van der Waals surface area contributed by atoms with E-state index in [9.17, 15) is 4.79 Å². The van der Waals surface area contributed by atoms with Crippen molar-refractivity contribution >= 4 is 11.5 Å². The summed E-state index contributed by atoms with van der Waals surface area (Å²) in [6.07, 6.45) is 1.61. The number of carboxylic acids is 1. The minimum Gasteiger partial charge on any atom is -0.481 e. The van der Waals surface area contributed by atoms with Crippen molar-refractivity contribution in [1.82, 2.24) is 0 Å². The first-order valence-corrected chi connectivity index (χ1v) is 5.06. The van der Waals surface area contributed by atoms with Gasteiger partial charge in [0.05, 0.1) is 0 Å². The number of hydrogen-bond acceptors (Lipinski definition) is 1.